The molecule has 0 aliphatic rings. The van der Waals surface area contributed by atoms with E-state index in [-0.39, 0.29) is 6.03 Å². The fourth-order valence-electron chi connectivity index (χ4n) is 1.56. The van der Waals surface area contributed by atoms with Gasteiger partial charge in [-0.05, 0) is 19.1 Å². The summed E-state index contributed by atoms with van der Waals surface area (Å²) in [6.07, 6.45) is 2.45. The Kier molecular flexibility index (Phi) is 4.12. The van der Waals surface area contributed by atoms with Crippen LogP contribution in [0.1, 0.15) is 11.5 Å². The predicted molar refractivity (Wildman–Crippen MR) is 70.8 cm³/mol. The molecule has 0 aromatic carbocycles. The van der Waals surface area contributed by atoms with Gasteiger partial charge in [0.05, 0.1) is 0 Å². The first-order chi connectivity index (χ1) is 9.15. The molecule has 6 heteroatoms. The number of aryl methyl sites for hydroxylation is 1. The summed E-state index contributed by atoms with van der Waals surface area (Å²) in [4.78, 5) is 17.6. The van der Waals surface area contributed by atoms with Crippen LogP contribution < -0.4 is 5.32 Å². The summed E-state index contributed by atoms with van der Waals surface area (Å²) in [7, 11) is 1.73. The van der Waals surface area contributed by atoms with Gasteiger partial charge in [0.2, 0.25) is 0 Å². The van der Waals surface area contributed by atoms with Gasteiger partial charge in [-0.25, -0.2) is 4.79 Å². The van der Waals surface area contributed by atoms with E-state index in [1.54, 1.807) is 31.1 Å². The molecule has 6 nitrogen and oxygen atoms in total. The number of hydrogen-bond acceptors (Lipinski definition) is 4. The highest BCUT2D eigenvalue weighted by Crippen LogP contribution is 2.07. The summed E-state index contributed by atoms with van der Waals surface area (Å²) < 4.78 is 4.88. The monoisotopic (exact) mass is 260 g/mol. The van der Waals surface area contributed by atoms with Gasteiger partial charge in [0.15, 0.2) is 5.82 Å². The van der Waals surface area contributed by atoms with Crippen LogP contribution in [0.25, 0.3) is 0 Å². The highest BCUT2D eigenvalue weighted by atomic mass is 16.5. The minimum atomic E-state index is -0.218. The second kappa shape index (κ2) is 5.99. The van der Waals surface area contributed by atoms with Gasteiger partial charge in [-0.2, -0.15) is 0 Å². The molecule has 1 N–H and O–H groups in total. The van der Waals surface area contributed by atoms with E-state index in [1.807, 2.05) is 18.2 Å². The third-order valence-corrected chi connectivity index (χ3v) is 2.64. The van der Waals surface area contributed by atoms with Crippen molar-refractivity contribution in [2.45, 2.75) is 13.3 Å². The number of rotatable bonds is 4. The number of carbonyl (C=O) groups is 1. The lowest BCUT2D eigenvalue weighted by Gasteiger charge is -2.16. The lowest BCUT2D eigenvalue weighted by atomic mass is 10.2. The zero-order valence-electron chi connectivity index (χ0n) is 11.0. The summed E-state index contributed by atoms with van der Waals surface area (Å²) >= 11 is 0. The SMILES string of the molecule is Cc1cc(NC(=O)N(C)CCc2ccccn2)no1. The van der Waals surface area contributed by atoms with E-state index in [4.69, 9.17) is 4.52 Å². The molecule has 0 bridgehead atoms. The van der Waals surface area contributed by atoms with Gasteiger partial charge < -0.3 is 9.42 Å². The Hall–Kier alpha value is -2.37. The van der Waals surface area contributed by atoms with Crippen LogP contribution in [-0.2, 0) is 6.42 Å². The molecule has 2 aromatic rings. The fourth-order valence-corrected chi connectivity index (χ4v) is 1.56. The van der Waals surface area contributed by atoms with Gasteiger partial charge in [-0.1, -0.05) is 11.2 Å². The number of pyridine rings is 1. The van der Waals surface area contributed by atoms with Gasteiger partial charge in [-0.3, -0.25) is 10.3 Å². The molecule has 100 valence electrons. The van der Waals surface area contributed by atoms with Crippen LogP contribution in [0.3, 0.4) is 0 Å². The number of amides is 2. The maximum atomic E-state index is 11.9. The molecule has 0 aliphatic carbocycles. The average Bonchev–Trinajstić information content (AvgIpc) is 2.82. The van der Waals surface area contributed by atoms with Gasteiger partial charge in [0.1, 0.15) is 5.76 Å². The summed E-state index contributed by atoms with van der Waals surface area (Å²) in [6, 6.07) is 7.19. The molecule has 19 heavy (non-hydrogen) atoms. The van der Waals surface area contributed by atoms with Gasteiger partial charge in [0, 0.05) is 38.0 Å². The zero-order chi connectivity index (χ0) is 13.7. The number of nitrogens with zero attached hydrogens (tertiary/aromatic N) is 3. The highest BCUT2D eigenvalue weighted by Gasteiger charge is 2.11. The van der Waals surface area contributed by atoms with Crippen molar-refractivity contribution in [2.75, 3.05) is 18.9 Å². The summed E-state index contributed by atoms with van der Waals surface area (Å²) in [5.41, 5.74) is 0.958. The van der Waals surface area contributed by atoms with Crippen molar-refractivity contribution in [2.24, 2.45) is 0 Å². The second-order valence-corrected chi connectivity index (χ2v) is 4.25. The van der Waals surface area contributed by atoms with E-state index in [0.717, 1.165) is 5.69 Å². The standard InChI is InChI=1S/C13H16N4O2/c1-10-9-12(16-19-10)15-13(18)17(2)8-6-11-5-3-4-7-14-11/h3-5,7,9H,6,8H2,1-2H3,(H,15,16,18). The Bertz CT molecular complexity index is 539. The fraction of sp³-hybridized carbons (Fsp3) is 0.308. The van der Waals surface area contributed by atoms with Crippen molar-refractivity contribution in [3.63, 3.8) is 0 Å². The normalized spacial score (nSPS) is 10.2. The molecule has 2 aromatic heterocycles. The Morgan fingerprint density at radius 2 is 2.32 bits per heavy atom. The van der Waals surface area contributed by atoms with Crippen LogP contribution in [0.5, 0.6) is 0 Å². The summed E-state index contributed by atoms with van der Waals surface area (Å²) in [6.45, 7) is 2.35. The van der Waals surface area contributed by atoms with Crippen molar-refractivity contribution in [3.05, 3.63) is 41.9 Å². The highest BCUT2D eigenvalue weighted by molar-refractivity contribution is 5.88. The Morgan fingerprint density at radius 3 is 2.95 bits per heavy atom. The lowest BCUT2D eigenvalue weighted by molar-refractivity contribution is 0.222. The van der Waals surface area contributed by atoms with Crippen molar-refractivity contribution in [1.82, 2.24) is 15.0 Å². The molecule has 0 saturated heterocycles. The van der Waals surface area contributed by atoms with Crippen molar-refractivity contribution < 1.29 is 9.32 Å². The molecule has 2 heterocycles. The third kappa shape index (κ3) is 3.80. The topological polar surface area (TPSA) is 71.3 Å². The maximum absolute atomic E-state index is 11.9. The number of carbonyl (C=O) groups excluding carboxylic acids is 1. The van der Waals surface area contributed by atoms with Crippen molar-refractivity contribution in [3.8, 4) is 0 Å². The maximum Gasteiger partial charge on any atom is 0.322 e. The molecule has 0 fully saturated rings. The predicted octanol–water partition coefficient (Wildman–Crippen LogP) is 2.08. The molecular weight excluding hydrogens is 244 g/mol. The Balaban J connectivity index is 1.82. The van der Waals surface area contributed by atoms with E-state index in [9.17, 15) is 4.79 Å². The molecular formula is C13H16N4O2. The molecule has 2 amide bonds. The molecule has 0 atom stereocenters. The van der Waals surface area contributed by atoms with Crippen LogP contribution in [-0.4, -0.2) is 34.7 Å². The molecule has 0 saturated carbocycles. The minimum Gasteiger partial charge on any atom is -0.360 e. The number of aromatic nitrogens is 2. The first kappa shape index (κ1) is 13.1. The summed E-state index contributed by atoms with van der Waals surface area (Å²) in [5, 5.41) is 6.37. The largest absolute Gasteiger partial charge is 0.360 e. The van der Waals surface area contributed by atoms with Crippen LogP contribution in [0.4, 0.5) is 10.6 Å². The number of hydrogen-bond donors (Lipinski definition) is 1. The number of nitrogens with one attached hydrogen (secondary N) is 1. The molecule has 0 radical (unpaired) electrons. The zero-order valence-corrected chi connectivity index (χ0v) is 11.0. The van der Waals surface area contributed by atoms with Crippen LogP contribution in [0, 0.1) is 6.92 Å². The number of urea groups is 1. The van der Waals surface area contributed by atoms with Crippen LogP contribution in [0.2, 0.25) is 0 Å². The van der Waals surface area contributed by atoms with E-state index in [2.05, 4.69) is 15.5 Å². The number of anilines is 1. The number of likely N-dealkylation sites (N-methyl/N-ethyl adjacent to an activating group) is 1. The Morgan fingerprint density at radius 1 is 1.47 bits per heavy atom. The van der Waals surface area contributed by atoms with E-state index < -0.39 is 0 Å². The van der Waals surface area contributed by atoms with E-state index >= 15 is 0 Å². The molecule has 0 aliphatic heterocycles. The van der Waals surface area contributed by atoms with E-state index in [1.165, 1.54) is 0 Å². The van der Waals surface area contributed by atoms with Crippen LogP contribution >= 0.6 is 0 Å². The average molecular weight is 260 g/mol. The first-order valence-electron chi connectivity index (χ1n) is 6.00. The smallest absolute Gasteiger partial charge is 0.322 e. The summed E-state index contributed by atoms with van der Waals surface area (Å²) in [5.74, 6) is 1.08. The van der Waals surface area contributed by atoms with Gasteiger partial charge in [-0.15, -0.1) is 0 Å². The second-order valence-electron chi connectivity index (χ2n) is 4.25. The van der Waals surface area contributed by atoms with E-state index in [0.29, 0.717) is 24.5 Å². The van der Waals surface area contributed by atoms with Crippen molar-refractivity contribution >= 4 is 11.8 Å². The van der Waals surface area contributed by atoms with Crippen LogP contribution in [0.15, 0.2) is 35.0 Å². The van der Waals surface area contributed by atoms with Gasteiger partial charge >= 0.3 is 6.03 Å². The molecule has 0 unspecified atom stereocenters. The molecule has 0 spiro atoms. The minimum absolute atomic E-state index is 0.218. The van der Waals surface area contributed by atoms with Gasteiger partial charge in [0.25, 0.3) is 0 Å². The molecule has 2 rings (SSSR count). The third-order valence-electron chi connectivity index (χ3n) is 2.64. The quantitative estimate of drug-likeness (QED) is 0.913. The first-order valence-corrected chi connectivity index (χ1v) is 6.00. The Labute approximate surface area is 111 Å². The van der Waals surface area contributed by atoms with Crippen molar-refractivity contribution in [1.29, 1.82) is 0 Å². The lowest BCUT2D eigenvalue weighted by Crippen LogP contribution is -2.33.